The van der Waals surface area contributed by atoms with E-state index < -0.39 is 35.1 Å². The van der Waals surface area contributed by atoms with Crippen LogP contribution in [-0.4, -0.2) is 64.7 Å². The number of amides is 3. The number of nitrogens with zero attached hydrogens (tertiary/aromatic N) is 1. The Balaban J connectivity index is 1.85. The van der Waals surface area contributed by atoms with Crippen molar-refractivity contribution in [3.63, 3.8) is 0 Å². The summed E-state index contributed by atoms with van der Waals surface area (Å²) in [7, 11) is 1.57. The molecule has 0 radical (unpaired) electrons. The van der Waals surface area contributed by atoms with Gasteiger partial charge in [0.1, 0.15) is 11.6 Å². The van der Waals surface area contributed by atoms with Crippen molar-refractivity contribution in [3.05, 3.63) is 29.3 Å². The van der Waals surface area contributed by atoms with Crippen molar-refractivity contribution in [1.29, 1.82) is 0 Å². The summed E-state index contributed by atoms with van der Waals surface area (Å²) in [5.74, 6) is -2.30. The number of carbonyl (C=O) groups excluding carboxylic acids is 3. The van der Waals surface area contributed by atoms with Gasteiger partial charge in [0, 0.05) is 12.7 Å². The van der Waals surface area contributed by atoms with E-state index in [9.17, 15) is 19.5 Å². The van der Waals surface area contributed by atoms with E-state index in [1.165, 1.54) is 0 Å². The van der Waals surface area contributed by atoms with Crippen LogP contribution in [0.2, 0.25) is 0 Å². The first-order valence-electron chi connectivity index (χ1n) is 12.8. The standard InChI is InChI=1S/C27H39N3O5/c1-7-15(3)18(14-31)30-22(24(33)29-21-16(4)10-9-11-17(21)5)27-13-12-26(8-2,35-27)19(23(32)28-6)20(27)25(30)34/h9-11,15,18-20,22,31H,7-8,12-14H2,1-6H3,(H,28,32)(H,29,33)/t15-,18-,19+,20-,22?,26-,27?/m0/s1. The molecule has 0 saturated carbocycles. The number of fused-ring (bicyclic) bond motifs is 1. The van der Waals surface area contributed by atoms with E-state index in [0.29, 0.717) is 19.3 Å². The van der Waals surface area contributed by atoms with Gasteiger partial charge in [0.25, 0.3) is 0 Å². The molecule has 3 fully saturated rings. The van der Waals surface area contributed by atoms with Crippen LogP contribution >= 0.6 is 0 Å². The maximum Gasteiger partial charge on any atom is 0.250 e. The summed E-state index contributed by atoms with van der Waals surface area (Å²) >= 11 is 0. The Labute approximate surface area is 207 Å². The van der Waals surface area contributed by atoms with Crippen LogP contribution in [0, 0.1) is 31.6 Å². The smallest absolute Gasteiger partial charge is 0.250 e. The minimum absolute atomic E-state index is 0.0366. The zero-order valence-electron chi connectivity index (χ0n) is 21.7. The molecule has 7 atom stereocenters. The summed E-state index contributed by atoms with van der Waals surface area (Å²) in [6, 6.07) is 4.32. The van der Waals surface area contributed by atoms with Crippen molar-refractivity contribution in [3.8, 4) is 0 Å². The zero-order chi connectivity index (χ0) is 25.7. The number of nitrogens with one attached hydrogen (secondary N) is 2. The van der Waals surface area contributed by atoms with E-state index in [1.54, 1.807) is 11.9 Å². The van der Waals surface area contributed by atoms with E-state index in [-0.39, 0.29) is 30.2 Å². The minimum Gasteiger partial charge on any atom is -0.394 e. The van der Waals surface area contributed by atoms with Crippen LogP contribution in [0.25, 0.3) is 0 Å². The molecule has 192 valence electrons. The summed E-state index contributed by atoms with van der Waals surface area (Å²) < 4.78 is 6.73. The fourth-order valence-electron chi connectivity index (χ4n) is 6.88. The maximum absolute atomic E-state index is 14.2. The second-order valence-electron chi connectivity index (χ2n) is 10.6. The zero-order valence-corrected chi connectivity index (χ0v) is 21.7. The maximum atomic E-state index is 14.2. The number of hydrogen-bond donors (Lipinski definition) is 3. The fourth-order valence-corrected chi connectivity index (χ4v) is 6.88. The lowest BCUT2D eigenvalue weighted by atomic mass is 9.65. The van der Waals surface area contributed by atoms with Gasteiger partial charge in [-0.2, -0.15) is 0 Å². The van der Waals surface area contributed by atoms with E-state index >= 15 is 0 Å². The van der Waals surface area contributed by atoms with Crippen molar-refractivity contribution in [2.24, 2.45) is 17.8 Å². The molecule has 0 aliphatic carbocycles. The topological polar surface area (TPSA) is 108 Å². The van der Waals surface area contributed by atoms with Crippen LogP contribution in [-0.2, 0) is 19.1 Å². The second kappa shape index (κ2) is 9.21. The van der Waals surface area contributed by atoms with Crippen molar-refractivity contribution in [2.45, 2.75) is 83.6 Å². The van der Waals surface area contributed by atoms with Crippen LogP contribution in [0.1, 0.15) is 57.6 Å². The Bertz CT molecular complexity index is 1010. The highest BCUT2D eigenvalue weighted by Crippen LogP contribution is 2.64. The van der Waals surface area contributed by atoms with Crippen LogP contribution in [0.3, 0.4) is 0 Å². The largest absolute Gasteiger partial charge is 0.394 e. The molecule has 3 saturated heterocycles. The molecule has 3 amide bonds. The third-order valence-corrected chi connectivity index (χ3v) is 8.97. The second-order valence-corrected chi connectivity index (χ2v) is 10.6. The van der Waals surface area contributed by atoms with Crippen molar-refractivity contribution in [1.82, 2.24) is 10.2 Å². The molecular formula is C27H39N3O5. The molecule has 1 spiro atoms. The molecule has 2 unspecified atom stereocenters. The predicted molar refractivity (Wildman–Crippen MR) is 133 cm³/mol. The number of likely N-dealkylation sites (tertiary alicyclic amines) is 1. The molecule has 8 nitrogen and oxygen atoms in total. The highest BCUT2D eigenvalue weighted by Gasteiger charge is 2.79. The van der Waals surface area contributed by atoms with Crippen molar-refractivity contribution < 1.29 is 24.2 Å². The monoisotopic (exact) mass is 485 g/mol. The van der Waals surface area contributed by atoms with Gasteiger partial charge in [-0.05, 0) is 50.2 Å². The number of carbonyl (C=O) groups is 3. The van der Waals surface area contributed by atoms with Gasteiger partial charge in [0.2, 0.25) is 17.7 Å². The first kappa shape index (κ1) is 25.6. The first-order valence-corrected chi connectivity index (χ1v) is 12.8. The quantitative estimate of drug-likeness (QED) is 0.525. The van der Waals surface area contributed by atoms with Gasteiger partial charge >= 0.3 is 0 Å². The number of ether oxygens (including phenoxy) is 1. The average molecular weight is 486 g/mol. The molecule has 3 aliphatic heterocycles. The van der Waals surface area contributed by atoms with Gasteiger partial charge in [-0.15, -0.1) is 0 Å². The van der Waals surface area contributed by atoms with E-state index in [2.05, 4.69) is 10.6 Å². The van der Waals surface area contributed by atoms with Crippen molar-refractivity contribution in [2.75, 3.05) is 19.0 Å². The minimum atomic E-state index is -1.11. The van der Waals surface area contributed by atoms with E-state index in [0.717, 1.165) is 23.2 Å². The number of aliphatic hydroxyl groups is 1. The predicted octanol–water partition coefficient (Wildman–Crippen LogP) is 2.55. The Kier molecular flexibility index (Phi) is 6.74. The molecule has 3 aliphatic rings. The molecule has 3 heterocycles. The molecule has 2 bridgehead atoms. The molecule has 1 aromatic rings. The number of rotatable bonds is 8. The number of benzene rings is 1. The van der Waals surface area contributed by atoms with Crippen LogP contribution < -0.4 is 10.6 Å². The third kappa shape index (κ3) is 3.59. The molecule has 1 aromatic carbocycles. The summed E-state index contributed by atoms with van der Waals surface area (Å²) in [5.41, 5.74) is 0.692. The van der Waals surface area contributed by atoms with Crippen LogP contribution in [0.4, 0.5) is 5.69 Å². The van der Waals surface area contributed by atoms with Gasteiger partial charge in [-0.1, -0.05) is 45.4 Å². The number of hydrogen-bond acceptors (Lipinski definition) is 5. The SMILES string of the molecule is CC[C@H](C)[C@H](CO)N1C(=O)[C@@H]2[C@H](C(=O)NC)[C@]3(CC)CCC2(O3)C1C(=O)Nc1c(C)cccc1C. The lowest BCUT2D eigenvalue weighted by Crippen LogP contribution is -2.57. The van der Waals surface area contributed by atoms with Crippen LogP contribution in [0.15, 0.2) is 18.2 Å². The van der Waals surface area contributed by atoms with E-state index in [4.69, 9.17) is 4.74 Å². The molecule has 35 heavy (non-hydrogen) atoms. The molecule has 8 heteroatoms. The average Bonchev–Trinajstić information content (AvgIpc) is 3.45. The van der Waals surface area contributed by atoms with Crippen LogP contribution in [0.5, 0.6) is 0 Å². The Morgan fingerprint density at radius 1 is 1.20 bits per heavy atom. The van der Waals surface area contributed by atoms with E-state index in [1.807, 2.05) is 52.8 Å². The normalized spacial score (nSPS) is 32.9. The highest BCUT2D eigenvalue weighted by molar-refractivity contribution is 6.04. The first-order chi connectivity index (χ1) is 16.6. The summed E-state index contributed by atoms with van der Waals surface area (Å²) in [5, 5.41) is 16.2. The number of para-hydroxylation sites is 1. The lowest BCUT2D eigenvalue weighted by Gasteiger charge is -2.39. The van der Waals surface area contributed by atoms with Gasteiger partial charge in [-0.3, -0.25) is 14.4 Å². The third-order valence-electron chi connectivity index (χ3n) is 8.97. The summed E-state index contributed by atoms with van der Waals surface area (Å²) in [6.07, 6.45) is 2.44. The van der Waals surface area contributed by atoms with Gasteiger partial charge in [0.15, 0.2) is 0 Å². The Hall–Kier alpha value is -2.45. The fraction of sp³-hybridized carbons (Fsp3) is 0.667. The summed E-state index contributed by atoms with van der Waals surface area (Å²) in [6.45, 7) is 9.55. The highest BCUT2D eigenvalue weighted by atomic mass is 16.5. The van der Waals surface area contributed by atoms with Gasteiger partial charge < -0.3 is 25.4 Å². The lowest BCUT2D eigenvalue weighted by molar-refractivity contribution is -0.150. The molecule has 0 aromatic heterocycles. The number of anilines is 1. The number of aliphatic hydroxyl groups excluding tert-OH is 1. The van der Waals surface area contributed by atoms with Gasteiger partial charge in [-0.25, -0.2) is 0 Å². The number of aryl methyl sites for hydroxylation is 2. The van der Waals surface area contributed by atoms with Crippen molar-refractivity contribution >= 4 is 23.4 Å². The van der Waals surface area contributed by atoms with Gasteiger partial charge in [0.05, 0.1) is 30.1 Å². The molecule has 4 rings (SSSR count). The Morgan fingerprint density at radius 3 is 2.40 bits per heavy atom. The summed E-state index contributed by atoms with van der Waals surface area (Å²) in [4.78, 5) is 43.0. The molecular weight excluding hydrogens is 446 g/mol. The Morgan fingerprint density at radius 2 is 1.86 bits per heavy atom. The molecule has 3 N–H and O–H groups in total.